The number of benzene rings is 1. The molecule has 1 aromatic heterocycles. The molecule has 0 unspecified atom stereocenters. The van der Waals surface area contributed by atoms with E-state index in [0.29, 0.717) is 5.91 Å². The number of H-pyrrole nitrogens is 1. The summed E-state index contributed by atoms with van der Waals surface area (Å²) in [5.41, 5.74) is 1.91. The molecule has 0 atom stereocenters. The van der Waals surface area contributed by atoms with Gasteiger partial charge < -0.3 is 9.88 Å². The van der Waals surface area contributed by atoms with Gasteiger partial charge in [-0.15, -0.1) is 0 Å². The average Bonchev–Trinajstić information content (AvgIpc) is 3.22. The van der Waals surface area contributed by atoms with Gasteiger partial charge in [-0.25, -0.2) is 0 Å². The van der Waals surface area contributed by atoms with Crippen molar-refractivity contribution < 1.29 is 4.79 Å². The minimum Gasteiger partial charge on any atom is -0.361 e. The van der Waals surface area contributed by atoms with Gasteiger partial charge in [0.15, 0.2) is 0 Å². The second kappa shape index (κ2) is 4.77. The molecule has 3 nitrogen and oxygen atoms in total. The third-order valence-electron chi connectivity index (χ3n) is 4.96. The van der Waals surface area contributed by atoms with Crippen LogP contribution in [0.15, 0.2) is 24.4 Å². The van der Waals surface area contributed by atoms with Gasteiger partial charge in [0.2, 0.25) is 5.91 Å². The number of hydrogen-bond donors (Lipinski definition) is 1. The summed E-state index contributed by atoms with van der Waals surface area (Å²) in [7, 11) is 0. The first kappa shape index (κ1) is 13.2. The average molecular weight is 303 g/mol. The second-order valence-electron chi connectivity index (χ2n) is 6.33. The van der Waals surface area contributed by atoms with E-state index < -0.39 is 0 Å². The Hall–Kier alpha value is -1.48. The predicted octanol–water partition coefficient (Wildman–Crippen LogP) is 3.87. The van der Waals surface area contributed by atoms with E-state index in [4.69, 9.17) is 11.6 Å². The van der Waals surface area contributed by atoms with Crippen molar-refractivity contribution in [1.82, 2.24) is 9.88 Å². The maximum absolute atomic E-state index is 13.0. The van der Waals surface area contributed by atoms with Crippen molar-refractivity contribution in [3.8, 4) is 0 Å². The van der Waals surface area contributed by atoms with Crippen LogP contribution in [-0.4, -0.2) is 28.9 Å². The largest absolute Gasteiger partial charge is 0.361 e. The van der Waals surface area contributed by atoms with E-state index in [1.165, 1.54) is 6.42 Å². The molecule has 1 N–H and O–H groups in total. The van der Waals surface area contributed by atoms with E-state index in [0.717, 1.165) is 60.3 Å². The van der Waals surface area contributed by atoms with Crippen LogP contribution in [0.4, 0.5) is 0 Å². The second-order valence-corrected chi connectivity index (χ2v) is 6.76. The van der Waals surface area contributed by atoms with Gasteiger partial charge in [-0.3, -0.25) is 4.79 Å². The lowest BCUT2D eigenvalue weighted by Crippen LogP contribution is -2.42. The highest BCUT2D eigenvalue weighted by atomic mass is 35.5. The van der Waals surface area contributed by atoms with Crippen LogP contribution in [0.1, 0.15) is 37.7 Å². The Morgan fingerprint density at radius 3 is 2.67 bits per heavy atom. The number of nitrogens with zero attached hydrogens (tertiary/aromatic N) is 1. The highest BCUT2D eigenvalue weighted by Gasteiger charge is 2.54. The number of carbonyl (C=O) groups excluding carboxylic acids is 1. The molecule has 1 saturated carbocycles. The van der Waals surface area contributed by atoms with E-state index in [1.54, 1.807) is 0 Å². The number of rotatable bonds is 2. The number of likely N-dealkylation sites (tertiary alicyclic amines) is 1. The van der Waals surface area contributed by atoms with E-state index in [2.05, 4.69) is 9.88 Å². The molecule has 21 heavy (non-hydrogen) atoms. The van der Waals surface area contributed by atoms with Crippen molar-refractivity contribution in [1.29, 1.82) is 0 Å². The molecule has 1 saturated heterocycles. The van der Waals surface area contributed by atoms with Gasteiger partial charge in [0, 0.05) is 35.2 Å². The monoisotopic (exact) mass is 302 g/mol. The molecule has 2 aromatic rings. The summed E-state index contributed by atoms with van der Waals surface area (Å²) in [5, 5.41) is 1.83. The first-order chi connectivity index (χ1) is 10.2. The molecule has 2 heterocycles. The number of fused-ring (bicyclic) bond motifs is 1. The molecule has 4 heteroatoms. The summed E-state index contributed by atoms with van der Waals surface area (Å²) >= 11 is 6.14. The van der Waals surface area contributed by atoms with Crippen LogP contribution >= 0.6 is 11.6 Å². The number of piperidine rings is 1. The number of amides is 1. The van der Waals surface area contributed by atoms with Crippen LogP contribution in [0.25, 0.3) is 10.9 Å². The molecular formula is C17H19ClN2O. The van der Waals surface area contributed by atoms with Gasteiger partial charge in [-0.05, 0) is 55.9 Å². The van der Waals surface area contributed by atoms with Crippen LogP contribution in [0.2, 0.25) is 5.02 Å². The summed E-state index contributed by atoms with van der Waals surface area (Å²) < 4.78 is 0. The molecular weight excluding hydrogens is 284 g/mol. The van der Waals surface area contributed by atoms with Crippen LogP contribution in [-0.2, 0) is 10.2 Å². The number of nitrogens with one attached hydrogen (secondary N) is 1. The lowest BCUT2D eigenvalue weighted by atomic mass is 9.93. The van der Waals surface area contributed by atoms with Crippen molar-refractivity contribution in [2.75, 3.05) is 13.1 Å². The number of halogens is 1. The predicted molar refractivity (Wildman–Crippen MR) is 84.7 cm³/mol. The quantitative estimate of drug-likeness (QED) is 0.898. The van der Waals surface area contributed by atoms with Gasteiger partial charge in [0.1, 0.15) is 0 Å². The molecule has 2 aliphatic rings. The zero-order valence-electron chi connectivity index (χ0n) is 12.0. The topological polar surface area (TPSA) is 36.1 Å². The molecule has 0 spiro atoms. The Balaban J connectivity index is 1.73. The Bertz CT molecular complexity index is 696. The van der Waals surface area contributed by atoms with Crippen LogP contribution in [0.3, 0.4) is 0 Å². The zero-order valence-corrected chi connectivity index (χ0v) is 12.7. The van der Waals surface area contributed by atoms with Crippen molar-refractivity contribution in [3.05, 3.63) is 35.0 Å². The SMILES string of the molecule is O=C(N1CCCCC1)C1(c2c[nH]c3ccc(Cl)cc23)CC1. The molecule has 0 bridgehead atoms. The van der Waals surface area contributed by atoms with E-state index in [-0.39, 0.29) is 5.41 Å². The summed E-state index contributed by atoms with van der Waals surface area (Å²) in [6.07, 6.45) is 7.46. The maximum Gasteiger partial charge on any atom is 0.233 e. The smallest absolute Gasteiger partial charge is 0.233 e. The van der Waals surface area contributed by atoms with Crippen LogP contribution in [0.5, 0.6) is 0 Å². The minimum atomic E-state index is -0.291. The molecule has 2 fully saturated rings. The summed E-state index contributed by atoms with van der Waals surface area (Å²) in [6.45, 7) is 1.84. The molecule has 0 radical (unpaired) electrons. The number of carbonyl (C=O) groups is 1. The highest BCUT2D eigenvalue weighted by molar-refractivity contribution is 6.31. The third-order valence-corrected chi connectivity index (χ3v) is 5.20. The summed E-state index contributed by atoms with van der Waals surface area (Å²) in [5.74, 6) is 0.322. The fourth-order valence-corrected chi connectivity index (χ4v) is 3.78. The Morgan fingerprint density at radius 1 is 1.19 bits per heavy atom. The first-order valence-electron chi connectivity index (χ1n) is 7.77. The van der Waals surface area contributed by atoms with Crippen molar-refractivity contribution >= 4 is 28.4 Å². The number of hydrogen-bond acceptors (Lipinski definition) is 1. The Labute approximate surface area is 129 Å². The first-order valence-corrected chi connectivity index (χ1v) is 8.15. The Morgan fingerprint density at radius 2 is 1.95 bits per heavy atom. The molecule has 1 amide bonds. The fourth-order valence-electron chi connectivity index (χ4n) is 3.61. The molecule has 1 aliphatic carbocycles. The van der Waals surface area contributed by atoms with E-state index in [1.807, 2.05) is 24.4 Å². The fraction of sp³-hybridized carbons (Fsp3) is 0.471. The number of aromatic nitrogens is 1. The molecule has 1 aliphatic heterocycles. The normalized spacial score (nSPS) is 20.7. The number of aromatic amines is 1. The summed E-state index contributed by atoms with van der Waals surface area (Å²) in [4.78, 5) is 18.3. The van der Waals surface area contributed by atoms with Gasteiger partial charge >= 0.3 is 0 Å². The zero-order chi connectivity index (χ0) is 14.4. The lowest BCUT2D eigenvalue weighted by molar-refractivity contribution is -0.134. The van der Waals surface area contributed by atoms with Crippen molar-refractivity contribution in [3.63, 3.8) is 0 Å². The third kappa shape index (κ3) is 2.06. The van der Waals surface area contributed by atoms with Gasteiger partial charge in [0.05, 0.1) is 5.41 Å². The van der Waals surface area contributed by atoms with Crippen LogP contribution < -0.4 is 0 Å². The van der Waals surface area contributed by atoms with Gasteiger partial charge in [-0.1, -0.05) is 11.6 Å². The molecule has 4 rings (SSSR count). The summed E-state index contributed by atoms with van der Waals surface area (Å²) in [6, 6.07) is 5.85. The van der Waals surface area contributed by atoms with Gasteiger partial charge in [-0.2, -0.15) is 0 Å². The minimum absolute atomic E-state index is 0.291. The van der Waals surface area contributed by atoms with Crippen molar-refractivity contribution in [2.45, 2.75) is 37.5 Å². The Kier molecular flexibility index (Phi) is 3.00. The van der Waals surface area contributed by atoms with Crippen LogP contribution in [0, 0.1) is 0 Å². The molecule has 110 valence electrons. The maximum atomic E-state index is 13.0. The highest BCUT2D eigenvalue weighted by Crippen LogP contribution is 2.52. The van der Waals surface area contributed by atoms with E-state index in [9.17, 15) is 4.79 Å². The van der Waals surface area contributed by atoms with Gasteiger partial charge in [0.25, 0.3) is 0 Å². The lowest BCUT2D eigenvalue weighted by Gasteiger charge is -2.30. The standard InChI is InChI=1S/C17H19ClN2O/c18-12-4-5-15-13(10-12)14(11-19-15)17(6-7-17)16(21)20-8-2-1-3-9-20/h4-5,10-11,19H,1-3,6-9H2. The van der Waals surface area contributed by atoms with Crippen molar-refractivity contribution in [2.24, 2.45) is 0 Å². The van der Waals surface area contributed by atoms with E-state index >= 15 is 0 Å². The molecule has 1 aromatic carbocycles.